The molecule has 19 heteroatoms. The highest BCUT2D eigenvalue weighted by atomic mass is 31.2. The van der Waals surface area contributed by atoms with Crippen LogP contribution in [0.2, 0.25) is 0 Å². The van der Waals surface area contributed by atoms with Gasteiger partial charge in [-0.15, -0.1) is 0 Å². The van der Waals surface area contributed by atoms with E-state index in [0.717, 1.165) is 154 Å². The van der Waals surface area contributed by atoms with Crippen molar-refractivity contribution in [3.63, 3.8) is 0 Å². The number of esters is 4. The highest BCUT2D eigenvalue weighted by Gasteiger charge is 2.30. The minimum absolute atomic E-state index is 0.0803. The number of phosphoric ester groups is 2. The number of ether oxygens (including phenoxy) is 4. The summed E-state index contributed by atoms with van der Waals surface area (Å²) in [7, 11) is -9.94. The number of rotatable bonds is 75. The molecule has 0 aliphatic carbocycles. The minimum atomic E-state index is -4.97. The van der Waals surface area contributed by atoms with Crippen LogP contribution in [0.5, 0.6) is 0 Å². The summed E-state index contributed by atoms with van der Waals surface area (Å²) < 4.78 is 68.6. The maximum atomic E-state index is 13.1. The molecule has 0 spiro atoms. The Labute approximate surface area is 597 Å². The Hall–Kier alpha value is -3.24. The third kappa shape index (κ3) is 71.2. The molecule has 0 aromatic carbocycles. The van der Waals surface area contributed by atoms with Crippen molar-refractivity contribution in [2.45, 2.75) is 380 Å². The van der Waals surface area contributed by atoms with Crippen LogP contribution in [0.4, 0.5) is 0 Å². The van der Waals surface area contributed by atoms with Gasteiger partial charge in [-0.05, 0) is 89.9 Å². The summed E-state index contributed by atoms with van der Waals surface area (Å²) in [5, 5.41) is 10.6. The van der Waals surface area contributed by atoms with E-state index in [4.69, 9.17) is 37.0 Å². The minimum Gasteiger partial charge on any atom is -0.462 e. The molecule has 0 fully saturated rings. The van der Waals surface area contributed by atoms with Gasteiger partial charge in [-0.2, -0.15) is 0 Å². The van der Waals surface area contributed by atoms with Crippen LogP contribution in [-0.4, -0.2) is 96.7 Å². The van der Waals surface area contributed by atoms with Crippen LogP contribution in [0.25, 0.3) is 0 Å². The molecule has 0 aromatic rings. The van der Waals surface area contributed by atoms with Crippen molar-refractivity contribution < 1.29 is 80.2 Å². The first kappa shape index (κ1) is 94.8. The lowest BCUT2D eigenvalue weighted by Gasteiger charge is -2.21. The second-order valence-electron chi connectivity index (χ2n) is 26.6. The normalized spacial score (nSPS) is 14.2. The molecular weight excluding hydrogens is 1280 g/mol. The third-order valence-electron chi connectivity index (χ3n) is 17.0. The number of carbonyl (C=O) groups excluding carboxylic acids is 4. The van der Waals surface area contributed by atoms with E-state index < -0.39 is 97.5 Å². The molecule has 0 rings (SSSR count). The predicted molar refractivity (Wildman–Crippen MR) is 400 cm³/mol. The zero-order valence-electron chi connectivity index (χ0n) is 62.5. The summed E-state index contributed by atoms with van der Waals surface area (Å²) in [6, 6.07) is 0. The first-order chi connectivity index (χ1) is 47.7. The van der Waals surface area contributed by atoms with E-state index in [-0.39, 0.29) is 25.7 Å². The van der Waals surface area contributed by atoms with Crippen molar-refractivity contribution >= 4 is 39.5 Å². The van der Waals surface area contributed by atoms with Gasteiger partial charge >= 0.3 is 39.5 Å². The van der Waals surface area contributed by atoms with Crippen molar-refractivity contribution in [1.82, 2.24) is 0 Å². The van der Waals surface area contributed by atoms with E-state index in [1.54, 1.807) is 0 Å². The van der Waals surface area contributed by atoms with Crippen molar-refractivity contribution in [2.24, 2.45) is 0 Å². The number of aliphatic hydroxyl groups excluding tert-OH is 1. The summed E-state index contributed by atoms with van der Waals surface area (Å²) in [4.78, 5) is 72.9. The van der Waals surface area contributed by atoms with Gasteiger partial charge in [0.2, 0.25) is 0 Å². The molecule has 0 aromatic heterocycles. The summed E-state index contributed by atoms with van der Waals surface area (Å²) in [5.41, 5.74) is 0. The molecule has 0 radical (unpaired) electrons. The number of aliphatic hydroxyl groups is 1. The largest absolute Gasteiger partial charge is 0.472 e. The average Bonchev–Trinajstić information content (AvgIpc) is 1.05. The Morgan fingerprint density at radius 3 is 0.837 bits per heavy atom. The molecule has 5 atom stereocenters. The Morgan fingerprint density at radius 1 is 0.296 bits per heavy atom. The molecule has 0 aliphatic rings. The fourth-order valence-corrected chi connectivity index (χ4v) is 12.6. The Kier molecular flexibility index (Phi) is 69.7. The molecule has 5 unspecified atom stereocenters. The fourth-order valence-electron chi connectivity index (χ4n) is 11.0. The van der Waals surface area contributed by atoms with Crippen LogP contribution < -0.4 is 0 Å². The second kappa shape index (κ2) is 72.1. The quantitative estimate of drug-likeness (QED) is 0.0169. The molecule has 0 saturated heterocycles. The van der Waals surface area contributed by atoms with E-state index in [1.807, 2.05) is 0 Å². The van der Waals surface area contributed by atoms with E-state index in [9.17, 15) is 43.2 Å². The van der Waals surface area contributed by atoms with Gasteiger partial charge in [0.1, 0.15) is 19.3 Å². The average molecular weight is 1430 g/mol. The lowest BCUT2D eigenvalue weighted by atomic mass is 10.0. The fraction of sp³-hybridized carbons (Fsp3) is 0.823. The molecule has 0 heterocycles. The second-order valence-corrected chi connectivity index (χ2v) is 29.5. The number of carbonyl (C=O) groups is 4. The number of unbranched alkanes of at least 4 members (excludes halogenated alkanes) is 39. The Bertz CT molecular complexity index is 2100. The summed E-state index contributed by atoms with van der Waals surface area (Å²) in [6.07, 6.45) is 70.5. The molecule has 0 amide bonds. The van der Waals surface area contributed by atoms with Gasteiger partial charge in [0, 0.05) is 25.7 Å². The van der Waals surface area contributed by atoms with Crippen LogP contribution in [-0.2, 0) is 65.4 Å². The van der Waals surface area contributed by atoms with Crippen molar-refractivity contribution in [3.8, 4) is 0 Å². The van der Waals surface area contributed by atoms with Crippen LogP contribution in [0.1, 0.15) is 362 Å². The third-order valence-corrected chi connectivity index (χ3v) is 18.9. The number of phosphoric acid groups is 2. The highest BCUT2D eigenvalue weighted by molar-refractivity contribution is 7.47. The van der Waals surface area contributed by atoms with Crippen molar-refractivity contribution in [3.05, 3.63) is 60.8 Å². The summed E-state index contributed by atoms with van der Waals surface area (Å²) in [5.74, 6) is -2.16. The smallest absolute Gasteiger partial charge is 0.462 e. The van der Waals surface area contributed by atoms with Gasteiger partial charge in [0.15, 0.2) is 12.2 Å². The number of allylic oxidation sites excluding steroid dienone is 10. The molecular formula is C79H144O17P2. The SMILES string of the molecule is CC/C=C\C/C=C\C/C=C\CCCCCCCCCC(=O)OCC(COP(=O)(O)OCC(O)COP(=O)(O)OCC(COC(=O)CCCCCCCCCCCCCCC)OC(=O)CCCCCCCCCCCCCCC)OC(=O)CCCCCCC/C=C\C/C=C\CCCCC. The van der Waals surface area contributed by atoms with Crippen LogP contribution in [0, 0.1) is 0 Å². The van der Waals surface area contributed by atoms with E-state index >= 15 is 0 Å². The Morgan fingerprint density at radius 2 is 0.531 bits per heavy atom. The highest BCUT2D eigenvalue weighted by Crippen LogP contribution is 2.45. The topological polar surface area (TPSA) is 237 Å². The van der Waals surface area contributed by atoms with Gasteiger partial charge in [-0.3, -0.25) is 37.3 Å². The predicted octanol–water partition coefficient (Wildman–Crippen LogP) is 22.7. The first-order valence-electron chi connectivity index (χ1n) is 39.5. The molecule has 0 bridgehead atoms. The van der Waals surface area contributed by atoms with Gasteiger partial charge in [0.25, 0.3) is 0 Å². The number of hydrogen-bond donors (Lipinski definition) is 3. The van der Waals surface area contributed by atoms with Crippen molar-refractivity contribution in [2.75, 3.05) is 39.6 Å². The van der Waals surface area contributed by atoms with Gasteiger partial charge < -0.3 is 33.8 Å². The molecule has 0 saturated carbocycles. The summed E-state index contributed by atoms with van der Waals surface area (Å²) >= 11 is 0. The van der Waals surface area contributed by atoms with Crippen LogP contribution in [0.3, 0.4) is 0 Å². The Balaban J connectivity index is 5.32. The summed E-state index contributed by atoms with van der Waals surface area (Å²) in [6.45, 7) is 4.78. The van der Waals surface area contributed by atoms with Crippen LogP contribution in [0.15, 0.2) is 60.8 Å². The monoisotopic (exact) mass is 1430 g/mol. The van der Waals surface area contributed by atoms with Gasteiger partial charge in [-0.1, -0.05) is 307 Å². The van der Waals surface area contributed by atoms with E-state index in [2.05, 4.69) is 88.5 Å². The molecule has 98 heavy (non-hydrogen) atoms. The van der Waals surface area contributed by atoms with Gasteiger partial charge in [-0.25, -0.2) is 9.13 Å². The van der Waals surface area contributed by atoms with E-state index in [1.165, 1.54) is 128 Å². The zero-order chi connectivity index (χ0) is 71.8. The molecule has 3 N–H and O–H groups in total. The van der Waals surface area contributed by atoms with E-state index in [0.29, 0.717) is 25.7 Å². The lowest BCUT2D eigenvalue weighted by molar-refractivity contribution is -0.161. The first-order valence-corrected chi connectivity index (χ1v) is 42.5. The van der Waals surface area contributed by atoms with Gasteiger partial charge in [0.05, 0.1) is 26.4 Å². The maximum absolute atomic E-state index is 13.1. The molecule has 572 valence electrons. The maximum Gasteiger partial charge on any atom is 0.472 e. The standard InChI is InChI=1S/C79H144O17P2/c1-5-9-13-17-21-25-29-33-35-36-38-41-44-48-52-56-60-64-77(82)90-70-75(96-79(84)66-62-58-54-50-46-42-37-34-30-26-22-18-14-10-6-2)72-94-98(87,88)92-68-73(80)67-91-97(85,86)93-71-74(95-78(83)65-61-57-53-49-45-40-32-28-24-20-16-12-8-4)69-89-76(81)63-59-55-51-47-43-39-31-27-23-19-15-11-7-3/h9,13,21-22,25-26,33-35,37,73-75,80H,5-8,10-12,14-20,23-24,27-32,36,38-72H2,1-4H3,(H,85,86)(H,87,88)/b13-9-,25-21-,26-22-,35-33-,37-34-. The zero-order valence-corrected chi connectivity index (χ0v) is 64.3. The van der Waals surface area contributed by atoms with Crippen molar-refractivity contribution in [1.29, 1.82) is 0 Å². The number of hydrogen-bond acceptors (Lipinski definition) is 15. The molecule has 0 aliphatic heterocycles. The van der Waals surface area contributed by atoms with Crippen LogP contribution >= 0.6 is 15.6 Å². The lowest BCUT2D eigenvalue weighted by Crippen LogP contribution is -2.30. The molecule has 17 nitrogen and oxygen atoms in total.